The van der Waals surface area contributed by atoms with Crippen molar-refractivity contribution in [2.75, 3.05) is 16.4 Å². The zero-order chi connectivity index (χ0) is 21.8. The number of benzene rings is 2. The standard InChI is InChI=1S/C23H20F3N3O2/c24-23(25,26)18-12-17(6-5-15(18)13-27)29-20-4-2-1-3-19(20)28(22(29)30)16-7-8-21-14(11-16)9-10-31-21/h5-8,11-12,19-20H,1-4,9-10H2. The Morgan fingerprint density at radius 1 is 1.00 bits per heavy atom. The molecule has 2 aromatic rings. The number of nitriles is 1. The van der Waals surface area contributed by atoms with E-state index in [0.29, 0.717) is 6.61 Å². The predicted octanol–water partition coefficient (Wildman–Crippen LogP) is 5.27. The Morgan fingerprint density at radius 2 is 1.65 bits per heavy atom. The molecule has 1 saturated heterocycles. The van der Waals surface area contributed by atoms with E-state index in [9.17, 15) is 18.0 Å². The van der Waals surface area contributed by atoms with Gasteiger partial charge in [-0.25, -0.2) is 4.79 Å². The van der Waals surface area contributed by atoms with Crippen molar-refractivity contribution >= 4 is 17.4 Å². The zero-order valence-corrected chi connectivity index (χ0v) is 16.7. The lowest BCUT2D eigenvalue weighted by Crippen LogP contribution is -2.40. The summed E-state index contributed by atoms with van der Waals surface area (Å²) in [5.74, 6) is 0.814. The average Bonchev–Trinajstić information content (AvgIpc) is 3.33. The summed E-state index contributed by atoms with van der Waals surface area (Å²) in [6.07, 6.45) is -0.499. The number of rotatable bonds is 2. The third-order valence-electron chi connectivity index (χ3n) is 6.43. The van der Waals surface area contributed by atoms with Gasteiger partial charge in [-0.1, -0.05) is 12.8 Å². The van der Waals surface area contributed by atoms with Crippen molar-refractivity contribution in [1.82, 2.24) is 0 Å². The highest BCUT2D eigenvalue weighted by Gasteiger charge is 2.48. The number of alkyl halides is 3. The van der Waals surface area contributed by atoms with Crippen LogP contribution in [0.25, 0.3) is 0 Å². The SMILES string of the molecule is N#Cc1ccc(N2C(=O)N(c3ccc4c(c3)CCO4)C3CCCCC32)cc1C(F)(F)F. The van der Waals surface area contributed by atoms with Gasteiger partial charge in [-0.15, -0.1) is 0 Å². The fourth-order valence-electron chi connectivity index (χ4n) is 5.03. The molecule has 31 heavy (non-hydrogen) atoms. The van der Waals surface area contributed by atoms with Gasteiger partial charge in [-0.2, -0.15) is 18.4 Å². The summed E-state index contributed by atoms with van der Waals surface area (Å²) in [6.45, 7) is 0.608. The summed E-state index contributed by atoms with van der Waals surface area (Å²) in [6, 6.07) is 10.1. The van der Waals surface area contributed by atoms with Gasteiger partial charge in [0.15, 0.2) is 0 Å². The first-order valence-corrected chi connectivity index (χ1v) is 10.4. The monoisotopic (exact) mass is 427 g/mol. The molecule has 5 rings (SSSR count). The maximum Gasteiger partial charge on any atom is 0.417 e. The van der Waals surface area contributed by atoms with Crippen molar-refractivity contribution in [3.8, 4) is 11.8 Å². The lowest BCUT2D eigenvalue weighted by Gasteiger charge is -2.32. The second kappa shape index (κ2) is 7.19. The van der Waals surface area contributed by atoms with Crippen LogP contribution in [0.2, 0.25) is 0 Å². The van der Waals surface area contributed by atoms with E-state index in [-0.39, 0.29) is 23.8 Å². The molecule has 160 valence electrons. The quantitative estimate of drug-likeness (QED) is 0.656. The number of carbonyl (C=O) groups excluding carboxylic acids is 1. The van der Waals surface area contributed by atoms with Crippen molar-refractivity contribution in [2.45, 2.75) is 50.4 Å². The molecule has 1 saturated carbocycles. The molecule has 2 atom stereocenters. The lowest BCUT2D eigenvalue weighted by atomic mass is 9.89. The molecule has 0 spiro atoms. The largest absolute Gasteiger partial charge is 0.493 e. The molecule has 2 aliphatic heterocycles. The molecule has 0 radical (unpaired) electrons. The number of fused-ring (bicyclic) bond motifs is 2. The Kier molecular flexibility index (Phi) is 4.58. The fourth-order valence-corrected chi connectivity index (χ4v) is 5.03. The topological polar surface area (TPSA) is 56.6 Å². The Labute approximate surface area is 177 Å². The number of halogens is 3. The smallest absolute Gasteiger partial charge is 0.417 e. The molecular formula is C23H20F3N3O2. The van der Waals surface area contributed by atoms with Gasteiger partial charge in [0.05, 0.1) is 35.9 Å². The fraction of sp³-hybridized carbons (Fsp3) is 0.391. The normalized spacial score (nSPS) is 22.7. The number of carbonyl (C=O) groups is 1. The molecule has 2 unspecified atom stereocenters. The molecule has 0 bridgehead atoms. The van der Waals surface area contributed by atoms with E-state index in [2.05, 4.69) is 0 Å². The van der Waals surface area contributed by atoms with Gasteiger partial charge < -0.3 is 4.74 Å². The molecule has 0 aromatic heterocycles. The van der Waals surface area contributed by atoms with Crippen LogP contribution in [0.5, 0.6) is 5.75 Å². The first-order chi connectivity index (χ1) is 14.9. The Morgan fingerprint density at radius 3 is 2.29 bits per heavy atom. The van der Waals surface area contributed by atoms with E-state index in [4.69, 9.17) is 10.00 Å². The van der Waals surface area contributed by atoms with E-state index < -0.39 is 17.3 Å². The Bertz CT molecular complexity index is 1090. The average molecular weight is 427 g/mol. The number of amides is 2. The third kappa shape index (κ3) is 3.19. The molecule has 2 fully saturated rings. The minimum Gasteiger partial charge on any atom is -0.493 e. The summed E-state index contributed by atoms with van der Waals surface area (Å²) in [7, 11) is 0. The highest BCUT2D eigenvalue weighted by atomic mass is 19.4. The van der Waals surface area contributed by atoms with Crippen LogP contribution >= 0.6 is 0 Å². The number of anilines is 2. The maximum absolute atomic E-state index is 13.6. The van der Waals surface area contributed by atoms with Crippen LogP contribution in [0.15, 0.2) is 36.4 Å². The van der Waals surface area contributed by atoms with Gasteiger partial charge in [0, 0.05) is 17.8 Å². The van der Waals surface area contributed by atoms with Gasteiger partial charge in [0.25, 0.3) is 0 Å². The molecule has 5 nitrogen and oxygen atoms in total. The number of ether oxygens (including phenoxy) is 1. The van der Waals surface area contributed by atoms with E-state index in [1.807, 2.05) is 18.2 Å². The summed E-state index contributed by atoms with van der Waals surface area (Å²) in [5, 5.41) is 9.10. The number of hydrogen-bond donors (Lipinski definition) is 0. The van der Waals surface area contributed by atoms with Crippen LogP contribution < -0.4 is 14.5 Å². The van der Waals surface area contributed by atoms with Crippen molar-refractivity contribution in [3.05, 3.63) is 53.1 Å². The first-order valence-electron chi connectivity index (χ1n) is 10.4. The van der Waals surface area contributed by atoms with Gasteiger partial charge in [-0.3, -0.25) is 9.80 Å². The predicted molar refractivity (Wildman–Crippen MR) is 108 cm³/mol. The molecular weight excluding hydrogens is 407 g/mol. The van der Waals surface area contributed by atoms with Gasteiger partial charge in [0.1, 0.15) is 5.75 Å². The summed E-state index contributed by atoms with van der Waals surface area (Å²) >= 11 is 0. The molecule has 8 heteroatoms. The van der Waals surface area contributed by atoms with E-state index in [0.717, 1.165) is 61.2 Å². The van der Waals surface area contributed by atoms with Crippen molar-refractivity contribution in [2.24, 2.45) is 0 Å². The number of nitrogens with zero attached hydrogens (tertiary/aromatic N) is 3. The number of urea groups is 1. The van der Waals surface area contributed by atoms with Gasteiger partial charge >= 0.3 is 12.2 Å². The van der Waals surface area contributed by atoms with Crippen LogP contribution in [0, 0.1) is 11.3 Å². The Hall–Kier alpha value is -3.21. The van der Waals surface area contributed by atoms with Crippen LogP contribution in [0.3, 0.4) is 0 Å². The van der Waals surface area contributed by atoms with Gasteiger partial charge in [-0.05, 0) is 54.8 Å². The number of hydrogen-bond acceptors (Lipinski definition) is 3. The molecule has 2 heterocycles. The molecule has 2 aromatic carbocycles. The zero-order valence-electron chi connectivity index (χ0n) is 16.7. The van der Waals surface area contributed by atoms with Crippen molar-refractivity contribution in [1.29, 1.82) is 5.26 Å². The summed E-state index contributed by atoms with van der Waals surface area (Å²) < 4.78 is 46.1. The van der Waals surface area contributed by atoms with Crippen LogP contribution in [-0.4, -0.2) is 24.7 Å². The molecule has 1 aliphatic carbocycles. The molecule has 0 N–H and O–H groups in total. The van der Waals surface area contributed by atoms with E-state index in [1.165, 1.54) is 11.0 Å². The van der Waals surface area contributed by atoms with Crippen LogP contribution in [0.1, 0.15) is 42.4 Å². The molecule has 3 aliphatic rings. The van der Waals surface area contributed by atoms with Gasteiger partial charge in [0.2, 0.25) is 0 Å². The third-order valence-corrected chi connectivity index (χ3v) is 6.43. The van der Waals surface area contributed by atoms with Crippen LogP contribution in [0.4, 0.5) is 29.3 Å². The maximum atomic E-state index is 13.6. The first kappa shape index (κ1) is 19.7. The van der Waals surface area contributed by atoms with Crippen LogP contribution in [-0.2, 0) is 12.6 Å². The molecule has 2 amide bonds. The van der Waals surface area contributed by atoms with E-state index >= 15 is 0 Å². The lowest BCUT2D eigenvalue weighted by molar-refractivity contribution is -0.137. The second-order valence-corrected chi connectivity index (χ2v) is 8.17. The summed E-state index contributed by atoms with van der Waals surface area (Å²) in [4.78, 5) is 16.8. The van der Waals surface area contributed by atoms with Crippen molar-refractivity contribution < 1.29 is 22.7 Å². The second-order valence-electron chi connectivity index (χ2n) is 8.17. The minimum atomic E-state index is -4.67. The summed E-state index contributed by atoms with van der Waals surface area (Å²) in [5.41, 5.74) is 0.506. The highest BCUT2D eigenvalue weighted by molar-refractivity contribution is 6.07. The Balaban J connectivity index is 1.57. The highest BCUT2D eigenvalue weighted by Crippen LogP contribution is 2.43. The minimum absolute atomic E-state index is 0.105. The van der Waals surface area contributed by atoms with Crippen molar-refractivity contribution in [3.63, 3.8) is 0 Å². The van der Waals surface area contributed by atoms with E-state index in [1.54, 1.807) is 11.0 Å².